The van der Waals surface area contributed by atoms with Gasteiger partial charge in [-0.3, -0.25) is 0 Å². The number of hydrogen-bond acceptors (Lipinski definition) is 2. The molecule has 1 saturated heterocycles. The first-order chi connectivity index (χ1) is 9.18. The summed E-state index contributed by atoms with van der Waals surface area (Å²) in [5.74, 6) is -0.509. The molecule has 1 heterocycles. The summed E-state index contributed by atoms with van der Waals surface area (Å²) in [6, 6.07) is 2.61. The zero-order valence-electron chi connectivity index (χ0n) is 10.7. The number of ether oxygens (including phenoxy) is 1. The Balaban J connectivity index is 1.77. The van der Waals surface area contributed by atoms with Gasteiger partial charge >= 0.3 is 0 Å². The van der Waals surface area contributed by atoms with E-state index in [0.717, 1.165) is 19.5 Å². The Hall–Kier alpha value is -0.520. The average Bonchev–Trinajstić information content (AvgIpc) is 2.43. The second-order valence-corrected chi connectivity index (χ2v) is 5.73. The summed E-state index contributed by atoms with van der Waals surface area (Å²) in [6.07, 6.45) is 3.33. The number of piperidine rings is 1. The molecule has 0 spiro atoms. The Morgan fingerprint density at radius 2 is 2.21 bits per heavy atom. The molecule has 0 aromatic heterocycles. The van der Waals surface area contributed by atoms with Crippen molar-refractivity contribution < 1.29 is 13.5 Å². The molecule has 5 heteroatoms. The van der Waals surface area contributed by atoms with E-state index in [0.29, 0.717) is 12.5 Å². The molecule has 1 aliphatic heterocycles. The van der Waals surface area contributed by atoms with E-state index in [2.05, 4.69) is 21.2 Å². The lowest BCUT2D eigenvalue weighted by Gasteiger charge is -2.22. The number of benzene rings is 1. The standard InChI is InChI=1S/C14H18BrF2NO/c15-12-3-4-13(16)11(14(12)17)9-19-7-5-10-2-1-6-18-8-10/h3-4,10,18H,1-2,5-9H2. The van der Waals surface area contributed by atoms with Gasteiger partial charge in [0.25, 0.3) is 0 Å². The van der Waals surface area contributed by atoms with E-state index in [1.54, 1.807) is 0 Å². The smallest absolute Gasteiger partial charge is 0.145 e. The Bertz CT molecular complexity index is 422. The molecule has 19 heavy (non-hydrogen) atoms. The quantitative estimate of drug-likeness (QED) is 0.656. The molecule has 1 fully saturated rings. The van der Waals surface area contributed by atoms with Crippen molar-refractivity contribution in [3.05, 3.63) is 33.8 Å². The van der Waals surface area contributed by atoms with E-state index in [1.807, 2.05) is 0 Å². The van der Waals surface area contributed by atoms with E-state index >= 15 is 0 Å². The van der Waals surface area contributed by atoms with E-state index in [9.17, 15) is 8.78 Å². The van der Waals surface area contributed by atoms with Crippen molar-refractivity contribution in [2.75, 3.05) is 19.7 Å². The van der Waals surface area contributed by atoms with Crippen LogP contribution in [0, 0.1) is 17.6 Å². The fourth-order valence-electron chi connectivity index (χ4n) is 2.30. The molecule has 0 amide bonds. The average molecular weight is 334 g/mol. The van der Waals surface area contributed by atoms with Crippen LogP contribution in [0.2, 0.25) is 0 Å². The first-order valence-corrected chi connectivity index (χ1v) is 7.38. The van der Waals surface area contributed by atoms with E-state index in [-0.39, 0.29) is 16.6 Å². The van der Waals surface area contributed by atoms with Crippen molar-refractivity contribution in [2.45, 2.75) is 25.9 Å². The van der Waals surface area contributed by atoms with E-state index < -0.39 is 11.6 Å². The highest BCUT2D eigenvalue weighted by Crippen LogP contribution is 2.22. The first-order valence-electron chi connectivity index (χ1n) is 6.59. The van der Waals surface area contributed by atoms with Gasteiger partial charge in [-0.05, 0) is 66.3 Å². The summed E-state index contributed by atoms with van der Waals surface area (Å²) in [4.78, 5) is 0. The van der Waals surface area contributed by atoms with Crippen molar-refractivity contribution in [1.82, 2.24) is 5.32 Å². The predicted molar refractivity (Wildman–Crippen MR) is 73.9 cm³/mol. The molecule has 1 N–H and O–H groups in total. The van der Waals surface area contributed by atoms with Crippen LogP contribution in [0.3, 0.4) is 0 Å². The van der Waals surface area contributed by atoms with Gasteiger partial charge in [0.15, 0.2) is 0 Å². The summed E-state index contributed by atoms with van der Waals surface area (Å²) in [7, 11) is 0. The van der Waals surface area contributed by atoms with Gasteiger partial charge in [0.1, 0.15) is 11.6 Å². The van der Waals surface area contributed by atoms with Gasteiger partial charge in [-0.15, -0.1) is 0 Å². The number of nitrogens with one attached hydrogen (secondary N) is 1. The third-order valence-electron chi connectivity index (χ3n) is 3.45. The zero-order valence-corrected chi connectivity index (χ0v) is 12.3. The van der Waals surface area contributed by atoms with Crippen LogP contribution in [0.4, 0.5) is 8.78 Å². The molecular formula is C14H18BrF2NO. The molecule has 0 saturated carbocycles. The first kappa shape index (κ1) is 14.9. The Kier molecular flexibility index (Phi) is 5.73. The maximum atomic E-state index is 13.7. The molecule has 2 nitrogen and oxygen atoms in total. The fraction of sp³-hybridized carbons (Fsp3) is 0.571. The predicted octanol–water partition coefficient (Wildman–Crippen LogP) is 3.63. The summed E-state index contributed by atoms with van der Waals surface area (Å²) < 4.78 is 32.8. The normalized spacial score (nSPS) is 19.6. The Morgan fingerprint density at radius 3 is 2.95 bits per heavy atom. The lowest BCUT2D eigenvalue weighted by Crippen LogP contribution is -2.30. The van der Waals surface area contributed by atoms with E-state index in [4.69, 9.17) is 4.74 Å². The highest BCUT2D eigenvalue weighted by atomic mass is 79.9. The SMILES string of the molecule is Fc1ccc(Br)c(F)c1COCCC1CCCNC1. The summed E-state index contributed by atoms with van der Waals surface area (Å²) in [5.41, 5.74) is -0.00357. The van der Waals surface area contributed by atoms with Crippen LogP contribution in [0.5, 0.6) is 0 Å². The van der Waals surface area contributed by atoms with Gasteiger partial charge in [-0.25, -0.2) is 8.78 Å². The van der Waals surface area contributed by atoms with Gasteiger partial charge in [-0.1, -0.05) is 0 Å². The van der Waals surface area contributed by atoms with Crippen LogP contribution in [0.15, 0.2) is 16.6 Å². The van der Waals surface area contributed by atoms with Crippen LogP contribution in [-0.2, 0) is 11.3 Å². The third kappa shape index (κ3) is 4.23. The minimum Gasteiger partial charge on any atom is -0.377 e. The van der Waals surface area contributed by atoms with Crippen molar-refractivity contribution >= 4 is 15.9 Å². The van der Waals surface area contributed by atoms with Crippen LogP contribution >= 0.6 is 15.9 Å². The molecule has 2 rings (SSSR count). The van der Waals surface area contributed by atoms with Crippen molar-refractivity contribution in [1.29, 1.82) is 0 Å². The number of rotatable bonds is 5. The lowest BCUT2D eigenvalue weighted by atomic mass is 9.97. The minimum atomic E-state index is -0.570. The summed E-state index contributed by atoms with van der Waals surface area (Å²) in [6.45, 7) is 2.63. The second-order valence-electron chi connectivity index (χ2n) is 4.88. The highest BCUT2D eigenvalue weighted by Gasteiger charge is 2.14. The molecule has 1 aromatic carbocycles. The van der Waals surface area contributed by atoms with Gasteiger partial charge in [0.2, 0.25) is 0 Å². The molecule has 0 aliphatic carbocycles. The Labute approximate surface area is 120 Å². The second kappa shape index (κ2) is 7.31. The molecule has 1 atom stereocenters. The largest absolute Gasteiger partial charge is 0.377 e. The van der Waals surface area contributed by atoms with Gasteiger partial charge in [-0.2, -0.15) is 0 Å². The zero-order chi connectivity index (χ0) is 13.7. The summed E-state index contributed by atoms with van der Waals surface area (Å²) in [5, 5.41) is 3.34. The lowest BCUT2D eigenvalue weighted by molar-refractivity contribution is 0.0990. The molecule has 1 unspecified atom stereocenters. The van der Waals surface area contributed by atoms with Gasteiger partial charge in [0.05, 0.1) is 16.6 Å². The Morgan fingerprint density at radius 1 is 1.37 bits per heavy atom. The molecule has 0 radical (unpaired) electrons. The van der Waals surface area contributed by atoms with Crippen LogP contribution in [0.25, 0.3) is 0 Å². The van der Waals surface area contributed by atoms with E-state index in [1.165, 1.54) is 25.0 Å². The van der Waals surface area contributed by atoms with Crippen molar-refractivity contribution in [2.24, 2.45) is 5.92 Å². The third-order valence-corrected chi connectivity index (χ3v) is 4.07. The molecule has 1 aromatic rings. The summed E-state index contributed by atoms with van der Waals surface area (Å²) >= 11 is 3.05. The topological polar surface area (TPSA) is 21.3 Å². The van der Waals surface area contributed by atoms with Gasteiger partial charge in [0, 0.05) is 6.61 Å². The van der Waals surface area contributed by atoms with Crippen LogP contribution in [0.1, 0.15) is 24.8 Å². The molecular weight excluding hydrogens is 316 g/mol. The van der Waals surface area contributed by atoms with Gasteiger partial charge < -0.3 is 10.1 Å². The fourth-order valence-corrected chi connectivity index (χ4v) is 2.67. The molecule has 106 valence electrons. The van der Waals surface area contributed by atoms with Crippen molar-refractivity contribution in [3.63, 3.8) is 0 Å². The molecule has 0 bridgehead atoms. The highest BCUT2D eigenvalue weighted by molar-refractivity contribution is 9.10. The molecule has 1 aliphatic rings. The number of hydrogen-bond donors (Lipinski definition) is 1. The maximum Gasteiger partial charge on any atom is 0.145 e. The minimum absolute atomic E-state index is 0.00357. The van der Waals surface area contributed by atoms with Crippen LogP contribution in [-0.4, -0.2) is 19.7 Å². The monoisotopic (exact) mass is 333 g/mol. The van der Waals surface area contributed by atoms with Crippen LogP contribution < -0.4 is 5.32 Å². The van der Waals surface area contributed by atoms with Crippen molar-refractivity contribution in [3.8, 4) is 0 Å². The number of halogens is 3. The maximum absolute atomic E-state index is 13.7.